The van der Waals surface area contributed by atoms with Gasteiger partial charge in [-0.2, -0.15) is 8.78 Å². The zero-order valence-corrected chi connectivity index (χ0v) is 11.0. The highest BCUT2D eigenvalue weighted by molar-refractivity contribution is 7.91. The van der Waals surface area contributed by atoms with Crippen molar-refractivity contribution in [2.24, 2.45) is 5.73 Å². The van der Waals surface area contributed by atoms with Crippen LogP contribution in [0.5, 0.6) is 0 Å². The molecule has 0 saturated heterocycles. The van der Waals surface area contributed by atoms with Crippen LogP contribution in [-0.2, 0) is 9.84 Å². The maximum Gasteiger partial charge on any atom is 0.341 e. The van der Waals surface area contributed by atoms with E-state index in [1.807, 2.05) is 0 Å². The Morgan fingerprint density at radius 2 is 1.84 bits per heavy atom. The van der Waals surface area contributed by atoms with Crippen LogP contribution in [0.1, 0.15) is 19.3 Å². The number of nitrogens with two attached hydrogens (primary N) is 1. The molecule has 4 nitrogen and oxygen atoms in total. The van der Waals surface area contributed by atoms with Gasteiger partial charge in [0.1, 0.15) is 0 Å². The number of hydrogen-bond donors (Lipinski definition) is 2. The minimum Gasteiger partial charge on any atom is -0.381 e. The van der Waals surface area contributed by atoms with Gasteiger partial charge in [-0.1, -0.05) is 0 Å². The van der Waals surface area contributed by atoms with Crippen LogP contribution in [0.3, 0.4) is 0 Å². The monoisotopic (exact) mass is 290 g/mol. The zero-order valence-electron chi connectivity index (χ0n) is 10.2. The van der Waals surface area contributed by atoms with E-state index in [0.29, 0.717) is 5.69 Å². The van der Waals surface area contributed by atoms with Crippen LogP contribution >= 0.6 is 0 Å². The Hall–Kier alpha value is -1.21. The van der Waals surface area contributed by atoms with Crippen molar-refractivity contribution in [2.45, 2.75) is 42.0 Å². The Balaban J connectivity index is 2.11. The first kappa shape index (κ1) is 14.2. The van der Waals surface area contributed by atoms with Crippen LogP contribution in [0.2, 0.25) is 0 Å². The number of alkyl halides is 2. The van der Waals surface area contributed by atoms with E-state index in [2.05, 4.69) is 5.32 Å². The number of benzene rings is 1. The second-order valence-electron chi connectivity index (χ2n) is 4.68. The molecule has 1 aromatic carbocycles. The Bertz CT molecular complexity index is 531. The van der Waals surface area contributed by atoms with Gasteiger partial charge in [-0.05, 0) is 43.5 Å². The number of anilines is 1. The molecule has 106 valence electrons. The molecule has 0 heterocycles. The average molecular weight is 290 g/mol. The maximum absolute atomic E-state index is 12.4. The van der Waals surface area contributed by atoms with Gasteiger partial charge >= 0.3 is 5.76 Å². The highest BCUT2D eigenvalue weighted by atomic mass is 32.2. The summed E-state index contributed by atoms with van der Waals surface area (Å²) < 4.78 is 47.2. The molecule has 0 bridgehead atoms. The molecule has 7 heteroatoms. The lowest BCUT2D eigenvalue weighted by Crippen LogP contribution is -2.35. The predicted molar refractivity (Wildman–Crippen MR) is 68.9 cm³/mol. The fourth-order valence-electron chi connectivity index (χ4n) is 2.23. The van der Waals surface area contributed by atoms with Gasteiger partial charge in [-0.25, -0.2) is 8.42 Å². The third kappa shape index (κ3) is 3.03. The second kappa shape index (κ2) is 5.42. The van der Waals surface area contributed by atoms with E-state index < -0.39 is 15.6 Å². The van der Waals surface area contributed by atoms with E-state index in [1.54, 1.807) is 0 Å². The smallest absolute Gasteiger partial charge is 0.341 e. The summed E-state index contributed by atoms with van der Waals surface area (Å²) in [5, 5.41) is 3.19. The fourth-order valence-corrected chi connectivity index (χ4v) is 2.95. The lowest BCUT2D eigenvalue weighted by molar-refractivity contribution is 0.234. The lowest BCUT2D eigenvalue weighted by Gasteiger charge is -2.18. The van der Waals surface area contributed by atoms with Gasteiger partial charge in [0.25, 0.3) is 0 Å². The van der Waals surface area contributed by atoms with E-state index in [9.17, 15) is 17.2 Å². The van der Waals surface area contributed by atoms with Crippen molar-refractivity contribution < 1.29 is 17.2 Å². The first-order valence-electron chi connectivity index (χ1n) is 6.05. The van der Waals surface area contributed by atoms with Crippen LogP contribution in [0.4, 0.5) is 14.5 Å². The van der Waals surface area contributed by atoms with Gasteiger partial charge in [0, 0.05) is 17.8 Å². The van der Waals surface area contributed by atoms with Crippen molar-refractivity contribution in [3.8, 4) is 0 Å². The summed E-state index contributed by atoms with van der Waals surface area (Å²) >= 11 is 0. The van der Waals surface area contributed by atoms with Crippen LogP contribution in [0, 0.1) is 0 Å². The highest BCUT2D eigenvalue weighted by Gasteiger charge is 2.27. The van der Waals surface area contributed by atoms with Crippen molar-refractivity contribution in [3.05, 3.63) is 24.3 Å². The Kier molecular flexibility index (Phi) is 4.05. The molecule has 1 fully saturated rings. The van der Waals surface area contributed by atoms with Gasteiger partial charge in [0.15, 0.2) is 0 Å². The minimum atomic E-state index is -4.52. The van der Waals surface area contributed by atoms with Crippen molar-refractivity contribution in [1.82, 2.24) is 0 Å². The number of nitrogens with one attached hydrogen (secondary N) is 1. The number of halogens is 2. The molecule has 3 N–H and O–H groups in total. The molecule has 2 rings (SSSR count). The molecular formula is C12H16F2N2O2S. The van der Waals surface area contributed by atoms with Crippen LogP contribution < -0.4 is 11.1 Å². The molecule has 0 aliphatic heterocycles. The molecular weight excluding hydrogens is 274 g/mol. The quantitative estimate of drug-likeness (QED) is 0.889. The summed E-state index contributed by atoms with van der Waals surface area (Å²) in [4.78, 5) is -0.372. The predicted octanol–water partition coefficient (Wildman–Crippen LogP) is 1.97. The van der Waals surface area contributed by atoms with E-state index in [0.717, 1.165) is 19.3 Å². The number of rotatable bonds is 4. The van der Waals surface area contributed by atoms with Gasteiger partial charge < -0.3 is 11.1 Å². The Morgan fingerprint density at radius 1 is 1.21 bits per heavy atom. The third-order valence-corrected chi connectivity index (χ3v) is 4.74. The maximum atomic E-state index is 12.4. The molecule has 0 amide bonds. The highest BCUT2D eigenvalue weighted by Crippen LogP contribution is 2.24. The van der Waals surface area contributed by atoms with E-state index in [-0.39, 0.29) is 17.0 Å². The number of hydrogen-bond acceptors (Lipinski definition) is 4. The van der Waals surface area contributed by atoms with Crippen molar-refractivity contribution in [1.29, 1.82) is 0 Å². The molecule has 0 aromatic heterocycles. The molecule has 1 saturated carbocycles. The molecule has 0 spiro atoms. The van der Waals surface area contributed by atoms with Gasteiger partial charge in [-0.15, -0.1) is 0 Å². The molecule has 2 atom stereocenters. The normalized spacial score (nSPS) is 23.8. The molecule has 1 aliphatic carbocycles. The molecule has 1 aliphatic rings. The topological polar surface area (TPSA) is 72.2 Å². The van der Waals surface area contributed by atoms with Crippen LogP contribution in [0.25, 0.3) is 0 Å². The second-order valence-corrected chi connectivity index (χ2v) is 6.59. The van der Waals surface area contributed by atoms with Gasteiger partial charge in [-0.3, -0.25) is 0 Å². The first-order valence-corrected chi connectivity index (χ1v) is 7.60. The summed E-state index contributed by atoms with van der Waals surface area (Å²) in [6.07, 6.45) is 2.96. The minimum absolute atomic E-state index is 0.0736. The molecule has 19 heavy (non-hydrogen) atoms. The fraction of sp³-hybridized carbons (Fsp3) is 0.500. The summed E-state index contributed by atoms with van der Waals surface area (Å²) in [5.74, 6) is -3.39. The van der Waals surface area contributed by atoms with E-state index in [4.69, 9.17) is 5.73 Å². The summed E-state index contributed by atoms with van der Waals surface area (Å²) in [7, 11) is -4.52. The van der Waals surface area contributed by atoms with Crippen molar-refractivity contribution in [3.63, 3.8) is 0 Å². The van der Waals surface area contributed by atoms with E-state index >= 15 is 0 Å². The van der Waals surface area contributed by atoms with Gasteiger partial charge in [0.2, 0.25) is 9.84 Å². The SMILES string of the molecule is NC1CCCC1Nc1ccc(S(=O)(=O)C(F)F)cc1. The van der Waals surface area contributed by atoms with Gasteiger partial charge in [0.05, 0.1) is 4.90 Å². The summed E-state index contributed by atoms with van der Waals surface area (Å²) in [6.45, 7) is 0. The Morgan fingerprint density at radius 3 is 2.32 bits per heavy atom. The van der Waals surface area contributed by atoms with E-state index in [1.165, 1.54) is 24.3 Å². The van der Waals surface area contributed by atoms with Crippen LogP contribution in [-0.4, -0.2) is 26.3 Å². The van der Waals surface area contributed by atoms with Crippen LogP contribution in [0.15, 0.2) is 29.2 Å². The average Bonchev–Trinajstić information content (AvgIpc) is 2.75. The lowest BCUT2D eigenvalue weighted by atomic mass is 10.2. The number of sulfone groups is 1. The Labute approximate surface area is 110 Å². The molecule has 0 radical (unpaired) electrons. The third-order valence-electron chi connectivity index (χ3n) is 3.34. The first-order chi connectivity index (χ1) is 8.91. The zero-order chi connectivity index (χ0) is 14.0. The van der Waals surface area contributed by atoms with Crippen molar-refractivity contribution in [2.75, 3.05) is 5.32 Å². The molecule has 1 aromatic rings. The van der Waals surface area contributed by atoms with Crippen molar-refractivity contribution >= 4 is 15.5 Å². The standard InChI is InChI=1S/C12H16F2N2O2S/c13-12(14)19(17,18)9-6-4-8(5-7-9)16-11-3-1-2-10(11)15/h4-7,10-12,16H,1-3,15H2. The largest absolute Gasteiger partial charge is 0.381 e. The molecule has 2 unspecified atom stereocenters. The summed E-state index contributed by atoms with van der Waals surface area (Å²) in [5.41, 5.74) is 6.60. The summed E-state index contributed by atoms with van der Waals surface area (Å²) in [6, 6.07) is 5.57.